The molecule has 1 saturated heterocycles. The number of nitrogens with one attached hydrogen (secondary N) is 1. The third-order valence-electron chi connectivity index (χ3n) is 5.05. The van der Waals surface area contributed by atoms with Gasteiger partial charge in [-0.3, -0.25) is 4.79 Å². The van der Waals surface area contributed by atoms with Gasteiger partial charge in [0.2, 0.25) is 15.9 Å². The van der Waals surface area contributed by atoms with Crippen molar-refractivity contribution in [2.45, 2.75) is 24.2 Å². The molecule has 4 rings (SSSR count). The van der Waals surface area contributed by atoms with Crippen molar-refractivity contribution in [3.63, 3.8) is 0 Å². The maximum atomic E-state index is 12.7. The molecule has 0 aromatic heterocycles. The van der Waals surface area contributed by atoms with E-state index < -0.39 is 10.0 Å². The average molecular weight is 394 g/mol. The first-order valence-corrected chi connectivity index (χ1v) is 10.8. The summed E-state index contributed by atoms with van der Waals surface area (Å²) in [4.78, 5) is 12.8. The highest BCUT2D eigenvalue weighted by Gasteiger charge is 2.27. The smallest absolute Gasteiger partial charge is 0.243 e. The van der Waals surface area contributed by atoms with Gasteiger partial charge in [-0.2, -0.15) is 4.31 Å². The zero-order valence-corrected chi connectivity index (χ0v) is 16.3. The van der Waals surface area contributed by atoms with Gasteiger partial charge in [0.1, 0.15) is 0 Å². The molecule has 0 saturated carbocycles. The topological polar surface area (TPSA) is 66.5 Å². The van der Waals surface area contributed by atoms with E-state index in [2.05, 4.69) is 5.32 Å². The molecule has 0 unspecified atom stereocenters. The number of anilines is 1. The molecular formula is C22H22N2O3S. The Bertz CT molecular complexity index is 1110. The lowest BCUT2D eigenvalue weighted by atomic mass is 10.0. The van der Waals surface area contributed by atoms with Crippen LogP contribution in [-0.4, -0.2) is 31.7 Å². The molecule has 0 bridgehead atoms. The van der Waals surface area contributed by atoms with Gasteiger partial charge in [-0.1, -0.05) is 48.5 Å². The van der Waals surface area contributed by atoms with E-state index in [1.54, 1.807) is 18.2 Å². The molecule has 0 aliphatic carbocycles. The van der Waals surface area contributed by atoms with Crippen molar-refractivity contribution >= 4 is 32.4 Å². The van der Waals surface area contributed by atoms with E-state index in [1.807, 2.05) is 42.5 Å². The Morgan fingerprint density at radius 2 is 1.64 bits per heavy atom. The van der Waals surface area contributed by atoms with Gasteiger partial charge < -0.3 is 5.32 Å². The highest BCUT2D eigenvalue weighted by molar-refractivity contribution is 7.89. The van der Waals surface area contributed by atoms with Crippen LogP contribution in [0.3, 0.4) is 0 Å². The van der Waals surface area contributed by atoms with Crippen molar-refractivity contribution in [2.24, 2.45) is 0 Å². The summed E-state index contributed by atoms with van der Waals surface area (Å²) in [7, 11) is -3.50. The van der Waals surface area contributed by atoms with Crippen molar-refractivity contribution in [3.05, 3.63) is 72.3 Å². The lowest BCUT2D eigenvalue weighted by Crippen LogP contribution is -2.28. The van der Waals surface area contributed by atoms with Crippen LogP contribution in [0.2, 0.25) is 0 Å². The molecule has 144 valence electrons. The summed E-state index contributed by atoms with van der Waals surface area (Å²) < 4.78 is 27.0. The summed E-state index contributed by atoms with van der Waals surface area (Å²) >= 11 is 0. The van der Waals surface area contributed by atoms with Gasteiger partial charge in [-0.05, 0) is 47.4 Å². The third-order valence-corrected chi connectivity index (χ3v) is 6.95. The fraction of sp³-hybridized carbons (Fsp3) is 0.227. The van der Waals surface area contributed by atoms with Crippen LogP contribution >= 0.6 is 0 Å². The first kappa shape index (κ1) is 18.7. The molecule has 0 spiro atoms. The van der Waals surface area contributed by atoms with Crippen LogP contribution in [-0.2, 0) is 21.2 Å². The van der Waals surface area contributed by atoms with Gasteiger partial charge in [-0.15, -0.1) is 0 Å². The number of rotatable bonds is 5. The van der Waals surface area contributed by atoms with Crippen molar-refractivity contribution in [2.75, 3.05) is 18.4 Å². The molecule has 0 radical (unpaired) electrons. The van der Waals surface area contributed by atoms with E-state index >= 15 is 0 Å². The Morgan fingerprint density at radius 3 is 2.46 bits per heavy atom. The monoisotopic (exact) mass is 394 g/mol. The van der Waals surface area contributed by atoms with Crippen molar-refractivity contribution < 1.29 is 13.2 Å². The third kappa shape index (κ3) is 3.79. The number of amides is 1. The Kier molecular flexibility index (Phi) is 5.15. The molecule has 0 atom stereocenters. The lowest BCUT2D eigenvalue weighted by Gasteiger charge is -2.16. The van der Waals surface area contributed by atoms with Crippen LogP contribution in [0.1, 0.15) is 18.4 Å². The van der Waals surface area contributed by atoms with Crippen molar-refractivity contribution in [1.29, 1.82) is 0 Å². The predicted octanol–water partition coefficient (Wildman–Crippen LogP) is 3.81. The molecule has 6 heteroatoms. The summed E-state index contributed by atoms with van der Waals surface area (Å²) in [5.74, 6) is -0.174. The summed E-state index contributed by atoms with van der Waals surface area (Å²) in [5.41, 5.74) is 1.43. The first-order valence-electron chi connectivity index (χ1n) is 9.41. The van der Waals surface area contributed by atoms with E-state index in [0.29, 0.717) is 18.8 Å². The predicted molar refractivity (Wildman–Crippen MR) is 111 cm³/mol. The maximum absolute atomic E-state index is 12.7. The molecule has 1 fully saturated rings. The highest BCUT2D eigenvalue weighted by atomic mass is 32.2. The summed E-state index contributed by atoms with van der Waals surface area (Å²) in [6, 6.07) is 20.3. The molecule has 1 amide bonds. The second-order valence-electron chi connectivity index (χ2n) is 7.00. The van der Waals surface area contributed by atoms with E-state index in [0.717, 1.165) is 29.2 Å². The molecule has 1 heterocycles. The number of hydrogen-bond acceptors (Lipinski definition) is 3. The van der Waals surface area contributed by atoms with Gasteiger partial charge in [0, 0.05) is 18.8 Å². The summed E-state index contributed by atoms with van der Waals surface area (Å²) in [6.45, 7) is 1.11. The molecule has 3 aromatic carbocycles. The number of hydrogen-bond donors (Lipinski definition) is 1. The van der Waals surface area contributed by atoms with Crippen LogP contribution in [0, 0.1) is 0 Å². The standard InChI is InChI=1S/C22H22N2O3S/c25-22(15-18-9-5-8-17-7-1-2-12-21(17)18)23-19-10-6-11-20(16-19)28(26,27)24-13-3-4-14-24/h1-2,5-12,16H,3-4,13-15H2,(H,23,25). The van der Waals surface area contributed by atoms with Gasteiger partial charge in [0.15, 0.2) is 0 Å². The number of carbonyl (C=O) groups is 1. The molecule has 1 aliphatic rings. The van der Waals surface area contributed by atoms with E-state index in [4.69, 9.17) is 0 Å². The molecule has 28 heavy (non-hydrogen) atoms. The number of carbonyl (C=O) groups excluding carboxylic acids is 1. The molecule has 1 N–H and O–H groups in total. The molecular weight excluding hydrogens is 372 g/mol. The SMILES string of the molecule is O=C(Cc1cccc2ccccc12)Nc1cccc(S(=O)(=O)N2CCCC2)c1. The van der Waals surface area contributed by atoms with E-state index in [9.17, 15) is 13.2 Å². The molecule has 5 nitrogen and oxygen atoms in total. The Morgan fingerprint density at radius 1 is 0.929 bits per heavy atom. The van der Waals surface area contributed by atoms with E-state index in [-0.39, 0.29) is 17.2 Å². The largest absolute Gasteiger partial charge is 0.326 e. The maximum Gasteiger partial charge on any atom is 0.243 e. The second kappa shape index (κ2) is 7.73. The molecule has 3 aromatic rings. The number of benzene rings is 3. The Labute approximate surface area is 165 Å². The lowest BCUT2D eigenvalue weighted by molar-refractivity contribution is -0.115. The Balaban J connectivity index is 1.52. The van der Waals surface area contributed by atoms with Crippen LogP contribution in [0.15, 0.2) is 71.6 Å². The second-order valence-corrected chi connectivity index (χ2v) is 8.94. The van der Waals surface area contributed by atoms with E-state index in [1.165, 1.54) is 10.4 Å². The number of fused-ring (bicyclic) bond motifs is 1. The minimum atomic E-state index is -3.50. The molecule has 1 aliphatic heterocycles. The van der Waals surface area contributed by atoms with Gasteiger partial charge >= 0.3 is 0 Å². The van der Waals surface area contributed by atoms with Crippen LogP contribution in [0.5, 0.6) is 0 Å². The minimum Gasteiger partial charge on any atom is -0.326 e. The van der Waals surface area contributed by atoms with Crippen LogP contribution < -0.4 is 5.32 Å². The Hall–Kier alpha value is -2.70. The zero-order chi connectivity index (χ0) is 19.6. The fourth-order valence-corrected chi connectivity index (χ4v) is 5.20. The average Bonchev–Trinajstić information content (AvgIpc) is 3.24. The quantitative estimate of drug-likeness (QED) is 0.716. The van der Waals surface area contributed by atoms with Gasteiger partial charge in [-0.25, -0.2) is 8.42 Å². The summed E-state index contributed by atoms with van der Waals surface area (Å²) in [5, 5.41) is 4.97. The normalized spacial score (nSPS) is 15.0. The fourth-order valence-electron chi connectivity index (χ4n) is 3.64. The van der Waals surface area contributed by atoms with Crippen molar-refractivity contribution in [1.82, 2.24) is 4.31 Å². The van der Waals surface area contributed by atoms with Crippen LogP contribution in [0.25, 0.3) is 10.8 Å². The van der Waals surface area contributed by atoms with Gasteiger partial charge in [0.05, 0.1) is 11.3 Å². The highest BCUT2D eigenvalue weighted by Crippen LogP contribution is 2.24. The minimum absolute atomic E-state index is 0.174. The van der Waals surface area contributed by atoms with Crippen LogP contribution in [0.4, 0.5) is 5.69 Å². The summed E-state index contributed by atoms with van der Waals surface area (Å²) in [6.07, 6.45) is 2.01. The number of sulfonamides is 1. The zero-order valence-electron chi connectivity index (χ0n) is 15.5. The first-order chi connectivity index (χ1) is 13.5. The van der Waals surface area contributed by atoms with Gasteiger partial charge in [0.25, 0.3) is 0 Å². The number of nitrogens with zero attached hydrogens (tertiary/aromatic N) is 1. The van der Waals surface area contributed by atoms with Crippen molar-refractivity contribution in [3.8, 4) is 0 Å².